The highest BCUT2D eigenvalue weighted by molar-refractivity contribution is 7.88. The van der Waals surface area contributed by atoms with Gasteiger partial charge >= 0.3 is 0 Å². The van der Waals surface area contributed by atoms with Crippen molar-refractivity contribution in [2.24, 2.45) is 5.92 Å². The number of nitrogens with zero attached hydrogens (tertiary/aromatic N) is 2. The maximum atomic E-state index is 14.3. The van der Waals surface area contributed by atoms with Crippen molar-refractivity contribution in [1.29, 1.82) is 0 Å². The largest absolute Gasteiger partial charge is 0.490 e. The van der Waals surface area contributed by atoms with Gasteiger partial charge in [-0.3, -0.25) is 0 Å². The van der Waals surface area contributed by atoms with Gasteiger partial charge in [0, 0.05) is 31.0 Å². The Kier molecular flexibility index (Phi) is 7.15. The fourth-order valence-corrected chi connectivity index (χ4v) is 3.67. The number of nitrogens with one attached hydrogen (secondary N) is 1. The van der Waals surface area contributed by atoms with Gasteiger partial charge in [0.2, 0.25) is 15.8 Å². The number of sulfonamides is 1. The summed E-state index contributed by atoms with van der Waals surface area (Å²) >= 11 is 0. The van der Waals surface area contributed by atoms with Crippen LogP contribution in [0.2, 0.25) is 0 Å². The minimum Gasteiger partial charge on any atom is -0.490 e. The van der Waals surface area contributed by atoms with E-state index in [2.05, 4.69) is 9.82 Å². The first-order valence-electron chi connectivity index (χ1n) is 8.01. The molecule has 1 N–H and O–H groups in total. The third-order valence-electron chi connectivity index (χ3n) is 4.07. The lowest BCUT2D eigenvalue weighted by molar-refractivity contribution is 0.0180. The molecule has 11 heteroatoms. The molecule has 2 heterocycles. The number of benzene rings is 1. The van der Waals surface area contributed by atoms with Gasteiger partial charge in [0.1, 0.15) is 5.69 Å². The Morgan fingerprint density at radius 1 is 1.37 bits per heavy atom. The average Bonchev–Trinajstić information content (AvgIpc) is 3.10. The standard InChI is InChI=1S/C16H19F2N3O4S.ClH/c1-26(22,23)20-12-5-8-24-9-11(12)10-25-14-4-3-13(15(17)16(14)18)21-7-2-6-19-21;/h2-4,6-7,11-12,20H,5,8-10H2,1H3;1H/t11-,12+;/m1./s1. The number of ether oxygens (including phenoxy) is 2. The Balaban J connectivity index is 0.00000261. The summed E-state index contributed by atoms with van der Waals surface area (Å²) in [6.45, 7) is 0.679. The Labute approximate surface area is 162 Å². The van der Waals surface area contributed by atoms with Crippen LogP contribution in [0.15, 0.2) is 30.6 Å². The van der Waals surface area contributed by atoms with Gasteiger partial charge < -0.3 is 9.47 Å². The van der Waals surface area contributed by atoms with E-state index in [0.717, 1.165) is 6.26 Å². The molecule has 7 nitrogen and oxygen atoms in total. The lowest BCUT2D eigenvalue weighted by Gasteiger charge is -2.31. The third kappa shape index (κ3) is 5.38. The number of hydrogen-bond acceptors (Lipinski definition) is 5. The van der Waals surface area contributed by atoms with Gasteiger partial charge in [0.05, 0.1) is 19.5 Å². The van der Waals surface area contributed by atoms with Crippen molar-refractivity contribution in [1.82, 2.24) is 14.5 Å². The molecule has 150 valence electrons. The Morgan fingerprint density at radius 2 is 2.15 bits per heavy atom. The Morgan fingerprint density at radius 3 is 2.81 bits per heavy atom. The summed E-state index contributed by atoms with van der Waals surface area (Å²) in [6.07, 6.45) is 4.51. The van der Waals surface area contributed by atoms with Crippen molar-refractivity contribution in [2.45, 2.75) is 12.5 Å². The maximum Gasteiger partial charge on any atom is 0.208 e. The van der Waals surface area contributed by atoms with Gasteiger partial charge in [-0.25, -0.2) is 22.2 Å². The summed E-state index contributed by atoms with van der Waals surface area (Å²) in [5.41, 5.74) is -0.0301. The van der Waals surface area contributed by atoms with E-state index in [1.165, 1.54) is 29.2 Å². The van der Waals surface area contributed by atoms with Crippen LogP contribution < -0.4 is 9.46 Å². The molecule has 2 aromatic rings. The zero-order valence-corrected chi connectivity index (χ0v) is 16.1. The van der Waals surface area contributed by atoms with Gasteiger partial charge in [0.25, 0.3) is 0 Å². The fraction of sp³-hybridized carbons (Fsp3) is 0.438. The number of rotatable bonds is 6. The van der Waals surface area contributed by atoms with E-state index in [0.29, 0.717) is 13.0 Å². The van der Waals surface area contributed by atoms with E-state index < -0.39 is 21.7 Å². The van der Waals surface area contributed by atoms with Crippen molar-refractivity contribution in [2.75, 3.05) is 26.1 Å². The summed E-state index contributed by atoms with van der Waals surface area (Å²) in [7, 11) is -3.39. The van der Waals surface area contributed by atoms with Gasteiger partial charge in [-0.15, -0.1) is 12.4 Å². The predicted molar refractivity (Wildman–Crippen MR) is 96.9 cm³/mol. The molecule has 1 aromatic heterocycles. The van der Waals surface area contributed by atoms with Crippen molar-refractivity contribution >= 4 is 22.4 Å². The number of hydrogen-bond donors (Lipinski definition) is 1. The van der Waals surface area contributed by atoms with Crippen molar-refractivity contribution in [3.8, 4) is 11.4 Å². The maximum absolute atomic E-state index is 14.3. The molecule has 2 atom stereocenters. The van der Waals surface area contributed by atoms with Crippen LogP contribution >= 0.6 is 12.4 Å². The highest BCUT2D eigenvalue weighted by Gasteiger charge is 2.29. The third-order valence-corrected chi connectivity index (χ3v) is 4.80. The first-order chi connectivity index (χ1) is 12.3. The van der Waals surface area contributed by atoms with Crippen LogP contribution in [0.4, 0.5) is 8.78 Å². The number of halogens is 3. The van der Waals surface area contributed by atoms with Crippen LogP contribution in [-0.2, 0) is 14.8 Å². The first kappa shape index (κ1) is 21.5. The van der Waals surface area contributed by atoms with E-state index in [1.54, 1.807) is 6.07 Å². The lowest BCUT2D eigenvalue weighted by atomic mass is 9.98. The SMILES string of the molecule is CS(=O)(=O)N[C@H]1CCOC[C@@H]1COc1ccc(-n2cccn2)c(F)c1F.Cl. The van der Waals surface area contributed by atoms with E-state index >= 15 is 0 Å². The summed E-state index contributed by atoms with van der Waals surface area (Å²) in [6, 6.07) is 3.90. The fourth-order valence-electron chi connectivity index (χ4n) is 2.81. The molecular formula is C16H20ClF2N3O4S. The molecule has 0 saturated carbocycles. The molecule has 1 aliphatic heterocycles. The van der Waals surface area contributed by atoms with Crippen molar-refractivity contribution in [3.63, 3.8) is 0 Å². The summed E-state index contributed by atoms with van der Waals surface area (Å²) in [4.78, 5) is 0. The zero-order valence-electron chi connectivity index (χ0n) is 14.5. The molecular weight excluding hydrogens is 404 g/mol. The lowest BCUT2D eigenvalue weighted by Crippen LogP contribution is -2.47. The van der Waals surface area contributed by atoms with E-state index in [4.69, 9.17) is 9.47 Å². The first-order valence-corrected chi connectivity index (χ1v) is 9.90. The topological polar surface area (TPSA) is 82.5 Å². The van der Waals surface area contributed by atoms with Crippen LogP contribution in [0.1, 0.15) is 6.42 Å². The molecule has 0 aliphatic carbocycles. The van der Waals surface area contributed by atoms with E-state index in [9.17, 15) is 17.2 Å². The van der Waals surface area contributed by atoms with Crippen molar-refractivity contribution in [3.05, 3.63) is 42.2 Å². The molecule has 1 aliphatic rings. The smallest absolute Gasteiger partial charge is 0.208 e. The quantitative estimate of drug-likeness (QED) is 0.767. The minimum atomic E-state index is -3.39. The normalized spacial score (nSPS) is 20.1. The average molecular weight is 424 g/mol. The van der Waals surface area contributed by atoms with E-state index in [-0.39, 0.29) is 49.0 Å². The Bertz CT molecular complexity index is 865. The van der Waals surface area contributed by atoms with E-state index in [1.807, 2.05) is 0 Å². The van der Waals surface area contributed by atoms with Gasteiger partial charge in [-0.1, -0.05) is 0 Å². The molecule has 0 bridgehead atoms. The molecule has 3 rings (SSSR count). The predicted octanol–water partition coefficient (Wildman–Crippen LogP) is 1.91. The minimum absolute atomic E-state index is 0. The van der Waals surface area contributed by atoms with Crippen LogP contribution in [0.3, 0.4) is 0 Å². The van der Waals surface area contributed by atoms with Gasteiger partial charge in [0.15, 0.2) is 11.6 Å². The number of aromatic nitrogens is 2. The van der Waals surface area contributed by atoms with Crippen LogP contribution in [0.5, 0.6) is 5.75 Å². The second-order valence-corrected chi connectivity index (χ2v) is 7.87. The highest BCUT2D eigenvalue weighted by atomic mass is 35.5. The zero-order chi connectivity index (χ0) is 18.7. The molecule has 27 heavy (non-hydrogen) atoms. The molecule has 0 amide bonds. The second-order valence-electron chi connectivity index (χ2n) is 6.09. The molecule has 0 unspecified atom stereocenters. The second kappa shape index (κ2) is 8.96. The molecule has 1 fully saturated rings. The van der Waals surface area contributed by atoms with Gasteiger partial charge in [-0.2, -0.15) is 9.49 Å². The summed E-state index contributed by atoms with van der Waals surface area (Å²) < 4.78 is 66.0. The molecule has 1 aromatic carbocycles. The van der Waals surface area contributed by atoms with Crippen LogP contribution in [0, 0.1) is 17.6 Å². The summed E-state index contributed by atoms with van der Waals surface area (Å²) in [5.74, 6) is -2.76. The highest BCUT2D eigenvalue weighted by Crippen LogP contribution is 2.26. The molecule has 0 spiro atoms. The van der Waals surface area contributed by atoms with Gasteiger partial charge in [-0.05, 0) is 24.6 Å². The monoisotopic (exact) mass is 423 g/mol. The van der Waals surface area contributed by atoms with Crippen LogP contribution in [0.25, 0.3) is 5.69 Å². The van der Waals surface area contributed by atoms with Crippen molar-refractivity contribution < 1.29 is 26.7 Å². The molecule has 0 radical (unpaired) electrons. The molecule has 1 saturated heterocycles. The Hall–Kier alpha value is -1.75. The van der Waals surface area contributed by atoms with Crippen LogP contribution in [-0.4, -0.2) is 50.3 Å². The summed E-state index contributed by atoms with van der Waals surface area (Å²) in [5, 5.41) is 3.87.